The maximum absolute atomic E-state index is 8.82. The van der Waals surface area contributed by atoms with Crippen molar-refractivity contribution in [2.75, 3.05) is 5.43 Å². The Morgan fingerprint density at radius 2 is 2.04 bits per heavy atom. The van der Waals surface area contributed by atoms with Gasteiger partial charge in [0, 0.05) is 29.2 Å². The summed E-state index contributed by atoms with van der Waals surface area (Å²) in [6.45, 7) is 0.669. The molecular formula is C19H16N6. The number of aromatic amines is 1. The van der Waals surface area contributed by atoms with Gasteiger partial charge in [0.2, 0.25) is 5.95 Å². The third-order valence-corrected chi connectivity index (χ3v) is 4.05. The van der Waals surface area contributed by atoms with Gasteiger partial charge >= 0.3 is 0 Å². The Labute approximate surface area is 144 Å². The van der Waals surface area contributed by atoms with Gasteiger partial charge in [-0.3, -0.25) is 0 Å². The number of imidazole rings is 1. The van der Waals surface area contributed by atoms with Gasteiger partial charge in [0.25, 0.3) is 0 Å². The van der Waals surface area contributed by atoms with Crippen molar-refractivity contribution in [3.63, 3.8) is 0 Å². The number of nitrogens with zero attached hydrogens (tertiary/aromatic N) is 4. The van der Waals surface area contributed by atoms with Gasteiger partial charge in [-0.05, 0) is 18.2 Å². The first kappa shape index (κ1) is 15.0. The summed E-state index contributed by atoms with van der Waals surface area (Å²) in [5, 5.41) is 14.2. The fraction of sp³-hybridized carbons (Fsp3) is 0.105. The standard InChI is InChI=1S/C19H16N6/c20-10-5-11-25-13-14(15-6-1-4-9-18(15)25)12-21-24-19-22-16-7-2-3-8-17(16)23-19/h1-4,6-9,12-13H,5,11H2,(H2,22,23,24)/b21-12-. The third-order valence-electron chi connectivity index (χ3n) is 4.05. The number of anilines is 1. The van der Waals surface area contributed by atoms with Crippen molar-refractivity contribution in [1.82, 2.24) is 14.5 Å². The van der Waals surface area contributed by atoms with E-state index >= 15 is 0 Å². The van der Waals surface area contributed by atoms with Crippen LogP contribution < -0.4 is 5.43 Å². The predicted molar refractivity (Wildman–Crippen MR) is 99.5 cm³/mol. The molecule has 0 radical (unpaired) electrons. The number of fused-ring (bicyclic) bond motifs is 2. The van der Waals surface area contributed by atoms with Crippen molar-refractivity contribution >= 4 is 34.1 Å². The first-order valence-corrected chi connectivity index (χ1v) is 8.04. The molecule has 0 amide bonds. The second-order valence-electron chi connectivity index (χ2n) is 5.68. The fourth-order valence-corrected chi connectivity index (χ4v) is 2.90. The summed E-state index contributed by atoms with van der Waals surface area (Å²) < 4.78 is 2.08. The highest BCUT2D eigenvalue weighted by molar-refractivity contribution is 5.99. The Morgan fingerprint density at radius 3 is 2.92 bits per heavy atom. The lowest BCUT2D eigenvalue weighted by Crippen LogP contribution is -1.94. The maximum atomic E-state index is 8.82. The number of benzene rings is 2. The number of nitriles is 1. The number of H-pyrrole nitrogens is 1. The molecule has 0 aliphatic carbocycles. The molecule has 2 aromatic carbocycles. The molecule has 0 fully saturated rings. The van der Waals surface area contributed by atoms with Crippen LogP contribution in [0.1, 0.15) is 12.0 Å². The number of aromatic nitrogens is 3. The van der Waals surface area contributed by atoms with E-state index < -0.39 is 0 Å². The van der Waals surface area contributed by atoms with Crippen LogP contribution in [0.4, 0.5) is 5.95 Å². The largest absolute Gasteiger partial charge is 0.346 e. The highest BCUT2D eigenvalue weighted by Crippen LogP contribution is 2.20. The van der Waals surface area contributed by atoms with Gasteiger partial charge in [-0.1, -0.05) is 30.3 Å². The molecular weight excluding hydrogens is 312 g/mol. The Morgan fingerprint density at radius 1 is 1.20 bits per heavy atom. The molecule has 0 bridgehead atoms. The van der Waals surface area contributed by atoms with Crippen molar-refractivity contribution in [2.45, 2.75) is 13.0 Å². The Bertz CT molecular complexity index is 1060. The van der Waals surface area contributed by atoms with Gasteiger partial charge in [-0.15, -0.1) is 0 Å². The van der Waals surface area contributed by atoms with Crippen molar-refractivity contribution in [1.29, 1.82) is 5.26 Å². The lowest BCUT2D eigenvalue weighted by molar-refractivity contribution is 0.744. The van der Waals surface area contributed by atoms with E-state index in [1.807, 2.05) is 42.6 Å². The Balaban J connectivity index is 1.59. The molecule has 2 N–H and O–H groups in total. The first-order chi connectivity index (χ1) is 12.3. The van der Waals surface area contributed by atoms with E-state index in [0.717, 1.165) is 27.5 Å². The normalized spacial score (nSPS) is 11.3. The second-order valence-corrected chi connectivity index (χ2v) is 5.68. The van der Waals surface area contributed by atoms with Crippen molar-refractivity contribution < 1.29 is 0 Å². The average Bonchev–Trinajstić information content (AvgIpc) is 3.21. The summed E-state index contributed by atoms with van der Waals surface area (Å²) >= 11 is 0. The number of rotatable bonds is 5. The summed E-state index contributed by atoms with van der Waals surface area (Å²) in [6.07, 6.45) is 4.27. The zero-order valence-electron chi connectivity index (χ0n) is 13.5. The van der Waals surface area contributed by atoms with Crippen LogP contribution in [0.25, 0.3) is 21.9 Å². The molecule has 4 rings (SSSR count). The van der Waals surface area contributed by atoms with Gasteiger partial charge < -0.3 is 9.55 Å². The van der Waals surface area contributed by atoms with E-state index in [9.17, 15) is 0 Å². The third kappa shape index (κ3) is 2.95. The number of aryl methyl sites for hydroxylation is 1. The quantitative estimate of drug-likeness (QED) is 0.431. The fourth-order valence-electron chi connectivity index (χ4n) is 2.90. The van der Waals surface area contributed by atoms with Crippen LogP contribution in [0, 0.1) is 11.3 Å². The molecule has 6 heteroatoms. The lowest BCUT2D eigenvalue weighted by atomic mass is 10.2. The van der Waals surface area contributed by atoms with Crippen LogP contribution >= 0.6 is 0 Å². The summed E-state index contributed by atoms with van der Waals surface area (Å²) in [5.74, 6) is 0.602. The zero-order valence-corrected chi connectivity index (χ0v) is 13.5. The topological polar surface area (TPSA) is 81.8 Å². The van der Waals surface area contributed by atoms with Crippen LogP contribution in [0.5, 0.6) is 0 Å². The molecule has 2 heterocycles. The molecule has 0 aliphatic rings. The summed E-state index contributed by atoms with van der Waals surface area (Å²) in [7, 11) is 0. The van der Waals surface area contributed by atoms with Crippen LogP contribution in [0.3, 0.4) is 0 Å². The van der Waals surface area contributed by atoms with E-state index in [0.29, 0.717) is 18.9 Å². The van der Waals surface area contributed by atoms with Gasteiger partial charge in [0.1, 0.15) is 0 Å². The predicted octanol–water partition coefficient (Wildman–Crippen LogP) is 3.88. The highest BCUT2D eigenvalue weighted by atomic mass is 15.3. The monoisotopic (exact) mass is 328 g/mol. The Kier molecular flexibility index (Phi) is 3.89. The zero-order chi connectivity index (χ0) is 17.1. The molecule has 0 spiro atoms. The van der Waals surface area contributed by atoms with Gasteiger partial charge in [0.05, 0.1) is 29.7 Å². The first-order valence-electron chi connectivity index (χ1n) is 8.04. The molecule has 0 atom stereocenters. The smallest absolute Gasteiger partial charge is 0.222 e. The number of para-hydroxylation sites is 3. The number of hydrogen-bond donors (Lipinski definition) is 2. The minimum Gasteiger partial charge on any atom is -0.346 e. The van der Waals surface area contributed by atoms with E-state index in [4.69, 9.17) is 5.26 Å². The molecule has 0 aliphatic heterocycles. The van der Waals surface area contributed by atoms with E-state index in [1.165, 1.54) is 0 Å². The molecule has 0 unspecified atom stereocenters. The molecule has 2 aromatic heterocycles. The number of hydrogen-bond acceptors (Lipinski definition) is 4. The Hall–Kier alpha value is -3.59. The lowest BCUT2D eigenvalue weighted by Gasteiger charge is -2.00. The molecule has 4 aromatic rings. The van der Waals surface area contributed by atoms with Gasteiger partial charge in [0.15, 0.2) is 0 Å². The average molecular weight is 328 g/mol. The van der Waals surface area contributed by atoms with Crippen LogP contribution in [-0.4, -0.2) is 20.7 Å². The molecule has 0 saturated heterocycles. The van der Waals surface area contributed by atoms with Crippen molar-refractivity contribution in [2.24, 2.45) is 5.10 Å². The molecule has 0 saturated carbocycles. The van der Waals surface area contributed by atoms with Crippen LogP contribution in [0.15, 0.2) is 59.8 Å². The second kappa shape index (κ2) is 6.49. The van der Waals surface area contributed by atoms with E-state index in [-0.39, 0.29) is 0 Å². The SMILES string of the molecule is N#CCCn1cc(/C=N\Nc2nc3ccccc3[nH]2)c2ccccc21. The molecule has 6 nitrogen and oxygen atoms in total. The molecule has 25 heavy (non-hydrogen) atoms. The minimum absolute atomic E-state index is 0.479. The maximum Gasteiger partial charge on any atom is 0.222 e. The summed E-state index contributed by atoms with van der Waals surface area (Å²) in [6, 6.07) is 18.1. The highest BCUT2D eigenvalue weighted by Gasteiger charge is 2.06. The number of hydrazone groups is 1. The molecule has 122 valence electrons. The van der Waals surface area contributed by atoms with Crippen molar-refractivity contribution in [3.05, 3.63) is 60.3 Å². The van der Waals surface area contributed by atoms with Gasteiger partial charge in [-0.2, -0.15) is 10.4 Å². The van der Waals surface area contributed by atoms with Crippen LogP contribution in [-0.2, 0) is 6.54 Å². The summed E-state index contributed by atoms with van der Waals surface area (Å²) in [4.78, 5) is 7.61. The minimum atomic E-state index is 0.479. The van der Waals surface area contributed by atoms with E-state index in [1.54, 1.807) is 6.21 Å². The summed E-state index contributed by atoms with van der Waals surface area (Å²) in [5.41, 5.74) is 6.90. The van der Waals surface area contributed by atoms with E-state index in [2.05, 4.69) is 43.3 Å². The van der Waals surface area contributed by atoms with Crippen LogP contribution in [0.2, 0.25) is 0 Å². The van der Waals surface area contributed by atoms with Crippen molar-refractivity contribution in [3.8, 4) is 6.07 Å². The number of nitrogens with one attached hydrogen (secondary N) is 2. The van der Waals surface area contributed by atoms with Gasteiger partial charge in [-0.25, -0.2) is 10.4 Å².